The first-order valence-electron chi connectivity index (χ1n) is 8.95. The van der Waals surface area contributed by atoms with Gasteiger partial charge in [0.25, 0.3) is 5.91 Å². The molecule has 130 valence electrons. The average molecular weight is 350 g/mol. The van der Waals surface area contributed by atoms with Crippen LogP contribution in [0.1, 0.15) is 27.9 Å². The predicted octanol–water partition coefficient (Wildman–Crippen LogP) is 4.81. The number of nitrogens with one attached hydrogen (secondary N) is 1. The molecule has 3 nitrogen and oxygen atoms in total. The number of carbonyl (C=O) groups excluding carboxylic acids is 1. The molecule has 0 unspecified atom stereocenters. The predicted molar refractivity (Wildman–Crippen MR) is 107 cm³/mol. The highest BCUT2D eigenvalue weighted by molar-refractivity contribution is 6.03. The zero-order valence-electron chi connectivity index (χ0n) is 14.8. The molecule has 0 aromatic heterocycles. The van der Waals surface area contributed by atoms with E-state index in [4.69, 9.17) is 0 Å². The Labute approximate surface area is 158 Å². The molecule has 0 heterocycles. The summed E-state index contributed by atoms with van der Waals surface area (Å²) >= 11 is 0. The van der Waals surface area contributed by atoms with Gasteiger partial charge in [-0.05, 0) is 34.4 Å². The van der Waals surface area contributed by atoms with Crippen LogP contribution in [0.15, 0.2) is 84.4 Å². The van der Waals surface area contributed by atoms with E-state index in [1.54, 1.807) is 12.1 Å². The van der Waals surface area contributed by atoms with Crippen LogP contribution in [0.3, 0.4) is 0 Å². The number of hydrogen-bond acceptors (Lipinski definition) is 2. The smallest absolute Gasteiger partial charge is 0.251 e. The van der Waals surface area contributed by atoms with Crippen molar-refractivity contribution in [1.82, 2.24) is 5.32 Å². The Morgan fingerprint density at radius 1 is 0.778 bits per heavy atom. The Morgan fingerprint density at radius 2 is 1.30 bits per heavy atom. The summed E-state index contributed by atoms with van der Waals surface area (Å²) in [5, 5.41) is 12.7. The quantitative estimate of drug-likeness (QED) is 0.537. The third-order valence-electron chi connectivity index (χ3n) is 4.82. The van der Waals surface area contributed by atoms with Gasteiger partial charge in [0.15, 0.2) is 0 Å². The van der Waals surface area contributed by atoms with Gasteiger partial charge >= 0.3 is 0 Å². The average Bonchev–Trinajstić information content (AvgIpc) is 3.06. The monoisotopic (exact) mass is 350 g/mol. The van der Waals surface area contributed by atoms with E-state index in [1.807, 2.05) is 42.5 Å². The van der Waals surface area contributed by atoms with Crippen LogP contribution in [0.25, 0.3) is 16.7 Å². The van der Waals surface area contributed by atoms with Crippen molar-refractivity contribution in [2.24, 2.45) is 0 Å². The van der Waals surface area contributed by atoms with E-state index >= 15 is 0 Å². The summed E-state index contributed by atoms with van der Waals surface area (Å²) in [5.41, 5.74) is 6.79. The van der Waals surface area contributed by atoms with Crippen LogP contribution >= 0.6 is 0 Å². The van der Waals surface area contributed by atoms with E-state index in [9.17, 15) is 10.1 Å². The van der Waals surface area contributed by atoms with Crippen LogP contribution < -0.4 is 5.32 Å². The van der Waals surface area contributed by atoms with Crippen molar-refractivity contribution < 1.29 is 4.79 Å². The molecule has 0 spiro atoms. The summed E-state index contributed by atoms with van der Waals surface area (Å²) in [6.07, 6.45) is 0.493. The number of hydrogen-bond donors (Lipinski definition) is 1. The Bertz CT molecular complexity index is 1030. The largest absolute Gasteiger partial charge is 0.352 e. The molecule has 1 aliphatic rings. The van der Waals surface area contributed by atoms with E-state index in [1.165, 1.54) is 0 Å². The van der Waals surface area contributed by atoms with Gasteiger partial charge in [-0.3, -0.25) is 4.79 Å². The molecular weight excluding hydrogens is 332 g/mol. The molecule has 0 saturated carbocycles. The second-order valence-electron chi connectivity index (χ2n) is 6.43. The highest BCUT2D eigenvalue weighted by atomic mass is 16.1. The van der Waals surface area contributed by atoms with E-state index in [0.29, 0.717) is 24.1 Å². The SMILES string of the molecule is N#CC(CCNC(=O)c1ccccc1)=C1c2ccccc2-c2ccccc21. The van der Waals surface area contributed by atoms with Gasteiger partial charge in [-0.25, -0.2) is 0 Å². The van der Waals surface area contributed by atoms with Crippen LogP contribution in [-0.2, 0) is 0 Å². The lowest BCUT2D eigenvalue weighted by atomic mass is 9.97. The molecule has 1 aliphatic carbocycles. The standard InChI is InChI=1S/C24H18N2O/c25-16-18(14-15-26-24(27)17-8-2-1-3-9-17)23-21-12-6-4-10-19(21)20-11-5-7-13-22(20)23/h1-13H,14-15H2,(H,26,27). The number of benzene rings is 3. The molecule has 0 atom stereocenters. The lowest BCUT2D eigenvalue weighted by Gasteiger charge is -2.09. The summed E-state index contributed by atoms with van der Waals surface area (Å²) in [6.45, 7) is 0.421. The molecule has 27 heavy (non-hydrogen) atoms. The van der Waals surface area contributed by atoms with E-state index in [-0.39, 0.29) is 5.91 Å². The van der Waals surface area contributed by atoms with Crippen molar-refractivity contribution in [3.8, 4) is 17.2 Å². The Kier molecular flexibility index (Phi) is 4.55. The zero-order chi connectivity index (χ0) is 18.6. The molecule has 0 radical (unpaired) electrons. The van der Waals surface area contributed by atoms with Crippen molar-refractivity contribution >= 4 is 11.5 Å². The zero-order valence-corrected chi connectivity index (χ0v) is 14.8. The van der Waals surface area contributed by atoms with Crippen molar-refractivity contribution in [3.05, 3.63) is 101 Å². The van der Waals surface area contributed by atoms with Gasteiger partial charge in [0, 0.05) is 29.7 Å². The van der Waals surface area contributed by atoms with Crippen LogP contribution in [-0.4, -0.2) is 12.5 Å². The number of rotatable bonds is 4. The molecule has 0 fully saturated rings. The molecule has 3 heteroatoms. The molecule has 1 N–H and O–H groups in total. The van der Waals surface area contributed by atoms with E-state index in [0.717, 1.165) is 27.8 Å². The lowest BCUT2D eigenvalue weighted by Crippen LogP contribution is -2.24. The van der Waals surface area contributed by atoms with Crippen LogP contribution in [0, 0.1) is 11.3 Å². The molecule has 3 aromatic carbocycles. The first-order chi connectivity index (χ1) is 13.3. The van der Waals surface area contributed by atoms with Crippen LogP contribution in [0.5, 0.6) is 0 Å². The Balaban J connectivity index is 1.61. The fourth-order valence-electron chi connectivity index (χ4n) is 3.57. The Hall–Kier alpha value is -3.64. The fourth-order valence-corrected chi connectivity index (χ4v) is 3.57. The van der Waals surface area contributed by atoms with Gasteiger partial charge in [-0.2, -0.15) is 5.26 Å². The molecule has 3 aromatic rings. The van der Waals surface area contributed by atoms with Crippen molar-refractivity contribution in [3.63, 3.8) is 0 Å². The molecule has 4 rings (SSSR count). The molecule has 1 amide bonds. The second-order valence-corrected chi connectivity index (χ2v) is 6.43. The van der Waals surface area contributed by atoms with Crippen LogP contribution in [0.4, 0.5) is 0 Å². The van der Waals surface area contributed by atoms with E-state index in [2.05, 4.69) is 35.7 Å². The normalized spacial score (nSPS) is 11.3. The lowest BCUT2D eigenvalue weighted by molar-refractivity contribution is 0.0954. The highest BCUT2D eigenvalue weighted by Crippen LogP contribution is 2.45. The minimum Gasteiger partial charge on any atom is -0.352 e. The minimum absolute atomic E-state index is 0.120. The van der Waals surface area contributed by atoms with Crippen molar-refractivity contribution in [2.45, 2.75) is 6.42 Å². The van der Waals surface area contributed by atoms with Gasteiger partial charge in [-0.1, -0.05) is 66.7 Å². The number of amides is 1. The maximum atomic E-state index is 12.2. The summed E-state index contributed by atoms with van der Waals surface area (Å²) in [5.74, 6) is -0.120. The maximum Gasteiger partial charge on any atom is 0.251 e. The summed E-state index contributed by atoms with van der Waals surface area (Å²) in [4.78, 5) is 12.2. The fraction of sp³-hybridized carbons (Fsp3) is 0.0833. The second kappa shape index (κ2) is 7.31. The van der Waals surface area contributed by atoms with E-state index < -0.39 is 0 Å². The minimum atomic E-state index is -0.120. The first kappa shape index (κ1) is 16.8. The number of carbonyl (C=O) groups is 1. The molecule has 0 saturated heterocycles. The first-order valence-corrected chi connectivity index (χ1v) is 8.95. The van der Waals surface area contributed by atoms with Gasteiger partial charge < -0.3 is 5.32 Å². The molecular formula is C24H18N2O. The Morgan fingerprint density at radius 3 is 1.85 bits per heavy atom. The van der Waals surface area contributed by atoms with Crippen molar-refractivity contribution in [2.75, 3.05) is 6.54 Å². The highest BCUT2D eigenvalue weighted by Gasteiger charge is 2.25. The number of nitriles is 1. The van der Waals surface area contributed by atoms with Gasteiger partial charge in [0.2, 0.25) is 0 Å². The topological polar surface area (TPSA) is 52.9 Å². The van der Waals surface area contributed by atoms with Crippen molar-refractivity contribution in [1.29, 1.82) is 5.26 Å². The van der Waals surface area contributed by atoms with Crippen LogP contribution in [0.2, 0.25) is 0 Å². The van der Waals surface area contributed by atoms with Gasteiger partial charge in [0.1, 0.15) is 0 Å². The number of fused-ring (bicyclic) bond motifs is 3. The summed E-state index contributed by atoms with van der Waals surface area (Å²) in [6, 6.07) is 27.8. The summed E-state index contributed by atoms with van der Waals surface area (Å²) in [7, 11) is 0. The van der Waals surface area contributed by atoms with Gasteiger partial charge in [-0.15, -0.1) is 0 Å². The summed E-state index contributed by atoms with van der Waals surface area (Å²) < 4.78 is 0. The molecule has 0 aliphatic heterocycles. The number of nitrogens with zero attached hydrogens (tertiary/aromatic N) is 1. The maximum absolute atomic E-state index is 12.2. The van der Waals surface area contributed by atoms with Gasteiger partial charge in [0.05, 0.1) is 6.07 Å². The molecule has 0 bridgehead atoms. The third kappa shape index (κ3) is 3.14. The third-order valence-corrected chi connectivity index (χ3v) is 4.82.